The van der Waals surface area contributed by atoms with Gasteiger partial charge in [0.15, 0.2) is 0 Å². The second-order valence-electron chi connectivity index (χ2n) is 3.34. The predicted octanol–water partition coefficient (Wildman–Crippen LogP) is 4.70. The van der Waals surface area contributed by atoms with E-state index in [1.54, 1.807) is 0 Å². The molecule has 0 radical (unpaired) electrons. The number of hydrogen-bond donors (Lipinski definition) is 0. The van der Waals surface area contributed by atoms with Crippen LogP contribution in [0.1, 0.15) is 57.9 Å². The van der Waals surface area contributed by atoms with E-state index < -0.39 is 0 Å². The van der Waals surface area contributed by atoms with Gasteiger partial charge >= 0.3 is 0 Å². The third-order valence-electron chi connectivity index (χ3n) is 1.66. The van der Waals surface area contributed by atoms with Gasteiger partial charge < -0.3 is 0 Å². The van der Waals surface area contributed by atoms with Gasteiger partial charge in [-0.3, -0.25) is 4.98 Å². The summed E-state index contributed by atoms with van der Waals surface area (Å²) in [5.41, 5.74) is 3.77. The molecule has 1 aromatic heterocycles. The standard InChI is InChI=1S/C9H13N.C3H8.C2H6/c1-4-9-8(3)5-7(2)6-10-9;1-3-2;1-2/h5-6H,4H2,1-3H3;3H2,1-2H3;1-2H3. The first kappa shape index (κ1) is 16.6. The molecule has 0 aromatic carbocycles. The molecule has 0 aliphatic rings. The van der Waals surface area contributed by atoms with Crippen molar-refractivity contribution in [2.24, 2.45) is 0 Å². The molecule has 1 heteroatoms. The molecule has 0 saturated heterocycles. The second kappa shape index (κ2) is 11.2. The molecule has 0 fully saturated rings. The number of hydrogen-bond acceptors (Lipinski definition) is 1. The number of aromatic nitrogens is 1. The molecule has 15 heavy (non-hydrogen) atoms. The van der Waals surface area contributed by atoms with Crippen molar-refractivity contribution >= 4 is 0 Å². The van der Waals surface area contributed by atoms with E-state index in [-0.39, 0.29) is 0 Å². The van der Waals surface area contributed by atoms with Crippen LogP contribution in [0.2, 0.25) is 0 Å². The summed E-state index contributed by atoms with van der Waals surface area (Å²) in [5, 5.41) is 0. The molecule has 0 spiro atoms. The van der Waals surface area contributed by atoms with Crippen molar-refractivity contribution in [3.8, 4) is 0 Å². The van der Waals surface area contributed by atoms with Gasteiger partial charge in [0.2, 0.25) is 0 Å². The molecular weight excluding hydrogens is 182 g/mol. The Morgan fingerprint density at radius 1 is 1.07 bits per heavy atom. The van der Waals surface area contributed by atoms with Gasteiger partial charge in [0.05, 0.1) is 0 Å². The van der Waals surface area contributed by atoms with E-state index in [2.05, 4.69) is 45.7 Å². The third-order valence-corrected chi connectivity index (χ3v) is 1.66. The number of nitrogens with zero attached hydrogens (tertiary/aromatic N) is 1. The van der Waals surface area contributed by atoms with Crippen LogP contribution in [-0.2, 0) is 6.42 Å². The van der Waals surface area contributed by atoms with Gasteiger partial charge in [-0.15, -0.1) is 0 Å². The maximum atomic E-state index is 4.30. The van der Waals surface area contributed by atoms with Gasteiger partial charge in [-0.05, 0) is 31.4 Å². The lowest BCUT2D eigenvalue weighted by Gasteiger charge is -2.00. The maximum absolute atomic E-state index is 4.30. The summed E-state index contributed by atoms with van der Waals surface area (Å²) in [6.45, 7) is 14.6. The molecule has 0 aliphatic heterocycles. The van der Waals surface area contributed by atoms with E-state index in [0.717, 1.165) is 6.42 Å². The molecule has 0 unspecified atom stereocenters. The monoisotopic (exact) mass is 209 g/mol. The van der Waals surface area contributed by atoms with E-state index in [0.29, 0.717) is 0 Å². The van der Waals surface area contributed by atoms with Crippen LogP contribution in [0.3, 0.4) is 0 Å². The number of rotatable bonds is 1. The first-order valence-electron chi connectivity index (χ1n) is 6.07. The SMILES string of the molecule is CC.CCC.CCc1ncc(C)cc1C. The van der Waals surface area contributed by atoms with Gasteiger partial charge in [0.1, 0.15) is 0 Å². The van der Waals surface area contributed by atoms with Crippen LogP contribution < -0.4 is 0 Å². The van der Waals surface area contributed by atoms with Crippen molar-refractivity contribution in [3.05, 3.63) is 29.1 Å². The summed E-state index contributed by atoms with van der Waals surface area (Å²) in [7, 11) is 0. The molecule has 0 aliphatic carbocycles. The third kappa shape index (κ3) is 8.17. The molecular formula is C14H27N. The Morgan fingerprint density at radius 3 is 1.87 bits per heavy atom. The summed E-state index contributed by atoms with van der Waals surface area (Å²) in [5.74, 6) is 0. The lowest BCUT2D eigenvalue weighted by molar-refractivity contribution is 0.999. The quantitative estimate of drug-likeness (QED) is 0.653. The summed E-state index contributed by atoms with van der Waals surface area (Å²) in [6.07, 6.45) is 4.21. The van der Waals surface area contributed by atoms with Crippen molar-refractivity contribution < 1.29 is 0 Å². The average molecular weight is 209 g/mol. The van der Waals surface area contributed by atoms with E-state index in [1.165, 1.54) is 23.2 Å². The Morgan fingerprint density at radius 2 is 1.53 bits per heavy atom. The first-order valence-corrected chi connectivity index (χ1v) is 6.07. The topological polar surface area (TPSA) is 12.9 Å². The van der Waals surface area contributed by atoms with E-state index in [4.69, 9.17) is 0 Å². The Hall–Kier alpha value is -0.850. The zero-order valence-electron chi connectivity index (χ0n) is 11.5. The molecule has 0 saturated carbocycles. The van der Waals surface area contributed by atoms with Crippen molar-refractivity contribution in [3.63, 3.8) is 0 Å². The van der Waals surface area contributed by atoms with Crippen molar-refractivity contribution in [1.82, 2.24) is 4.98 Å². The van der Waals surface area contributed by atoms with Gasteiger partial charge in [-0.2, -0.15) is 0 Å². The minimum absolute atomic E-state index is 1.03. The molecule has 0 bridgehead atoms. The second-order valence-corrected chi connectivity index (χ2v) is 3.34. The zero-order chi connectivity index (χ0) is 12.3. The Labute approximate surface area is 95.9 Å². The van der Waals surface area contributed by atoms with Crippen molar-refractivity contribution in [2.45, 2.75) is 61.3 Å². The molecule has 1 rings (SSSR count). The normalized spacial score (nSPS) is 8.20. The molecule has 1 aromatic rings. The maximum Gasteiger partial charge on any atom is 0.0430 e. The molecule has 1 heterocycles. The number of pyridine rings is 1. The predicted molar refractivity (Wildman–Crippen MR) is 70.4 cm³/mol. The highest BCUT2D eigenvalue weighted by Gasteiger charge is 1.94. The van der Waals surface area contributed by atoms with Crippen LogP contribution in [0.25, 0.3) is 0 Å². The van der Waals surface area contributed by atoms with Crippen LogP contribution in [0.4, 0.5) is 0 Å². The van der Waals surface area contributed by atoms with Crippen LogP contribution in [0.15, 0.2) is 12.3 Å². The molecule has 1 nitrogen and oxygen atoms in total. The Kier molecular flexibility index (Phi) is 12.4. The summed E-state index contributed by atoms with van der Waals surface area (Å²) in [4.78, 5) is 4.30. The van der Waals surface area contributed by atoms with Gasteiger partial charge in [-0.1, -0.05) is 47.1 Å². The number of aryl methyl sites for hydroxylation is 3. The largest absolute Gasteiger partial charge is 0.261 e. The highest BCUT2D eigenvalue weighted by molar-refractivity contribution is 5.22. The van der Waals surface area contributed by atoms with Crippen LogP contribution in [0, 0.1) is 13.8 Å². The fourth-order valence-corrected chi connectivity index (χ4v) is 1.11. The average Bonchev–Trinajstić information content (AvgIpc) is 2.22. The summed E-state index contributed by atoms with van der Waals surface area (Å²) < 4.78 is 0. The van der Waals surface area contributed by atoms with Crippen LogP contribution >= 0.6 is 0 Å². The fraction of sp³-hybridized carbons (Fsp3) is 0.643. The molecule has 0 amide bonds. The minimum Gasteiger partial charge on any atom is -0.261 e. The lowest BCUT2D eigenvalue weighted by Crippen LogP contribution is -1.91. The van der Waals surface area contributed by atoms with Crippen LogP contribution in [0.5, 0.6) is 0 Å². The van der Waals surface area contributed by atoms with Gasteiger partial charge in [-0.25, -0.2) is 0 Å². The van der Waals surface area contributed by atoms with E-state index >= 15 is 0 Å². The summed E-state index contributed by atoms with van der Waals surface area (Å²) >= 11 is 0. The fourth-order valence-electron chi connectivity index (χ4n) is 1.11. The first-order chi connectivity index (χ1) is 7.15. The van der Waals surface area contributed by atoms with Crippen molar-refractivity contribution in [1.29, 1.82) is 0 Å². The molecule has 0 N–H and O–H groups in total. The Bertz CT molecular complexity index is 241. The van der Waals surface area contributed by atoms with Crippen LogP contribution in [-0.4, -0.2) is 4.98 Å². The zero-order valence-corrected chi connectivity index (χ0v) is 11.5. The lowest BCUT2D eigenvalue weighted by atomic mass is 10.1. The molecule has 0 atom stereocenters. The van der Waals surface area contributed by atoms with Gasteiger partial charge in [0, 0.05) is 11.9 Å². The highest BCUT2D eigenvalue weighted by atomic mass is 14.7. The Balaban J connectivity index is 0. The van der Waals surface area contributed by atoms with E-state index in [9.17, 15) is 0 Å². The molecule has 88 valence electrons. The van der Waals surface area contributed by atoms with Crippen molar-refractivity contribution in [2.75, 3.05) is 0 Å². The minimum atomic E-state index is 1.03. The smallest absolute Gasteiger partial charge is 0.0430 e. The highest BCUT2D eigenvalue weighted by Crippen LogP contribution is 2.06. The van der Waals surface area contributed by atoms with E-state index in [1.807, 2.05) is 20.0 Å². The summed E-state index contributed by atoms with van der Waals surface area (Å²) in [6, 6.07) is 2.17. The van der Waals surface area contributed by atoms with Gasteiger partial charge in [0.25, 0.3) is 0 Å².